The molecule has 1 saturated carbocycles. The summed E-state index contributed by atoms with van der Waals surface area (Å²) >= 11 is 1.65. The van der Waals surface area contributed by atoms with Crippen LogP contribution in [0.2, 0.25) is 0 Å². The van der Waals surface area contributed by atoms with Crippen LogP contribution in [0.5, 0.6) is 0 Å². The molecule has 1 aromatic rings. The molecule has 6 heteroatoms. The van der Waals surface area contributed by atoms with Gasteiger partial charge in [-0.1, -0.05) is 6.07 Å². The molecule has 0 aromatic carbocycles. The third kappa shape index (κ3) is 4.47. The van der Waals surface area contributed by atoms with E-state index in [0.29, 0.717) is 19.4 Å². The second-order valence-corrected chi connectivity index (χ2v) is 7.17. The third-order valence-electron chi connectivity index (χ3n) is 4.19. The molecule has 2 amide bonds. The molecule has 0 aliphatic heterocycles. The summed E-state index contributed by atoms with van der Waals surface area (Å²) in [4.78, 5) is 26.5. The first-order chi connectivity index (χ1) is 10.5. The molecule has 1 heterocycles. The van der Waals surface area contributed by atoms with Crippen molar-refractivity contribution in [2.45, 2.75) is 58.2 Å². The Labute approximate surface area is 135 Å². The lowest BCUT2D eigenvalue weighted by atomic mass is 9.86. The van der Waals surface area contributed by atoms with Crippen LogP contribution in [0.4, 0.5) is 4.79 Å². The Morgan fingerprint density at radius 1 is 1.36 bits per heavy atom. The van der Waals surface area contributed by atoms with Crippen LogP contribution < -0.4 is 5.32 Å². The van der Waals surface area contributed by atoms with Crippen molar-refractivity contribution in [1.29, 1.82) is 0 Å². The molecule has 0 radical (unpaired) electrons. The number of carboxylic acids is 1. The molecule has 122 valence electrons. The van der Waals surface area contributed by atoms with Gasteiger partial charge in [0.2, 0.25) is 0 Å². The van der Waals surface area contributed by atoms with Gasteiger partial charge in [0.05, 0.1) is 12.5 Å². The lowest BCUT2D eigenvalue weighted by molar-refractivity contribution is -0.142. The van der Waals surface area contributed by atoms with E-state index in [1.54, 1.807) is 11.3 Å². The number of hydrogen-bond acceptors (Lipinski definition) is 3. The highest BCUT2D eigenvalue weighted by molar-refractivity contribution is 7.09. The normalized spacial score (nSPS) is 21.6. The maximum atomic E-state index is 12.5. The van der Waals surface area contributed by atoms with Crippen molar-refractivity contribution < 1.29 is 14.7 Å². The van der Waals surface area contributed by atoms with Crippen LogP contribution in [0.15, 0.2) is 17.5 Å². The Kier molecular flexibility index (Phi) is 5.83. The van der Waals surface area contributed by atoms with Gasteiger partial charge in [-0.3, -0.25) is 4.79 Å². The van der Waals surface area contributed by atoms with Crippen molar-refractivity contribution in [2.24, 2.45) is 5.92 Å². The Hall–Kier alpha value is -1.56. The monoisotopic (exact) mass is 324 g/mol. The van der Waals surface area contributed by atoms with Gasteiger partial charge in [-0.15, -0.1) is 11.3 Å². The van der Waals surface area contributed by atoms with E-state index in [-0.39, 0.29) is 24.0 Å². The van der Waals surface area contributed by atoms with E-state index in [4.69, 9.17) is 5.11 Å². The summed E-state index contributed by atoms with van der Waals surface area (Å²) in [5.74, 6) is -0.966. The number of hydrogen-bond donors (Lipinski definition) is 2. The molecule has 0 atom stereocenters. The van der Waals surface area contributed by atoms with Crippen molar-refractivity contribution in [3.63, 3.8) is 0 Å². The number of carbonyl (C=O) groups is 2. The number of nitrogens with one attached hydrogen (secondary N) is 1. The highest BCUT2D eigenvalue weighted by atomic mass is 32.1. The predicted octanol–water partition coefficient (Wildman–Crippen LogP) is 3.31. The van der Waals surface area contributed by atoms with Gasteiger partial charge in [0.15, 0.2) is 0 Å². The van der Waals surface area contributed by atoms with E-state index < -0.39 is 5.97 Å². The Balaban J connectivity index is 1.88. The summed E-state index contributed by atoms with van der Waals surface area (Å²) in [5.41, 5.74) is 0. The van der Waals surface area contributed by atoms with Gasteiger partial charge in [-0.05, 0) is 51.0 Å². The highest BCUT2D eigenvalue weighted by Crippen LogP contribution is 2.25. The number of aliphatic carboxylic acids is 1. The quantitative estimate of drug-likeness (QED) is 0.873. The van der Waals surface area contributed by atoms with Gasteiger partial charge in [0.25, 0.3) is 0 Å². The molecule has 0 saturated heterocycles. The summed E-state index contributed by atoms with van der Waals surface area (Å²) in [6.07, 6.45) is 2.78. The highest BCUT2D eigenvalue weighted by Gasteiger charge is 2.28. The first kappa shape index (κ1) is 16.8. The van der Waals surface area contributed by atoms with Crippen LogP contribution in [0, 0.1) is 5.92 Å². The molecule has 0 unspecified atom stereocenters. The molecule has 2 N–H and O–H groups in total. The van der Waals surface area contributed by atoms with Gasteiger partial charge in [0, 0.05) is 17.0 Å². The van der Waals surface area contributed by atoms with Crippen LogP contribution in [-0.2, 0) is 11.3 Å². The fourth-order valence-corrected chi connectivity index (χ4v) is 3.50. The van der Waals surface area contributed by atoms with Crippen molar-refractivity contribution >= 4 is 23.3 Å². The van der Waals surface area contributed by atoms with Crippen LogP contribution in [-0.4, -0.2) is 34.1 Å². The second kappa shape index (κ2) is 7.63. The number of nitrogens with zero attached hydrogens (tertiary/aromatic N) is 1. The van der Waals surface area contributed by atoms with Gasteiger partial charge in [0.1, 0.15) is 0 Å². The fraction of sp³-hybridized carbons (Fsp3) is 0.625. The van der Waals surface area contributed by atoms with Crippen molar-refractivity contribution in [3.8, 4) is 0 Å². The van der Waals surface area contributed by atoms with Crippen LogP contribution >= 0.6 is 11.3 Å². The molecule has 0 bridgehead atoms. The summed E-state index contributed by atoms with van der Waals surface area (Å²) in [6.45, 7) is 4.63. The molecule has 1 aliphatic carbocycles. The largest absolute Gasteiger partial charge is 0.481 e. The van der Waals surface area contributed by atoms with Gasteiger partial charge in [-0.2, -0.15) is 0 Å². The second-order valence-electron chi connectivity index (χ2n) is 6.14. The number of carboxylic acid groups (broad SMARTS) is 1. The maximum absolute atomic E-state index is 12.5. The van der Waals surface area contributed by atoms with Crippen LogP contribution in [0.1, 0.15) is 44.4 Å². The molecular weight excluding hydrogens is 300 g/mol. The fourth-order valence-electron chi connectivity index (χ4n) is 2.80. The zero-order valence-electron chi connectivity index (χ0n) is 13.1. The van der Waals surface area contributed by atoms with E-state index in [9.17, 15) is 9.59 Å². The van der Waals surface area contributed by atoms with Crippen LogP contribution in [0.25, 0.3) is 0 Å². The molecule has 1 fully saturated rings. The Morgan fingerprint density at radius 2 is 2.05 bits per heavy atom. The molecular formula is C16H24N2O3S. The summed E-state index contributed by atoms with van der Waals surface area (Å²) < 4.78 is 0. The number of urea groups is 1. The smallest absolute Gasteiger partial charge is 0.318 e. The molecule has 1 aliphatic rings. The Morgan fingerprint density at radius 3 is 2.55 bits per heavy atom. The van der Waals surface area contributed by atoms with Gasteiger partial charge >= 0.3 is 12.0 Å². The van der Waals surface area contributed by atoms with E-state index in [2.05, 4.69) is 5.32 Å². The minimum absolute atomic E-state index is 0.0535. The van der Waals surface area contributed by atoms with Gasteiger partial charge in [-0.25, -0.2) is 4.79 Å². The molecule has 22 heavy (non-hydrogen) atoms. The minimum Gasteiger partial charge on any atom is -0.481 e. The Bertz CT molecular complexity index is 493. The number of rotatable bonds is 5. The van der Waals surface area contributed by atoms with E-state index >= 15 is 0 Å². The summed E-state index contributed by atoms with van der Waals surface area (Å²) in [7, 11) is 0. The lowest BCUT2D eigenvalue weighted by Gasteiger charge is -2.32. The van der Waals surface area contributed by atoms with E-state index in [1.165, 1.54) is 4.88 Å². The standard InChI is InChI=1S/C16H24N2O3S/c1-11(2)18(10-14-4-3-9-22-14)16(21)17-13-7-5-12(6-8-13)15(19)20/h3-4,9,11-13H,5-8,10H2,1-2H3,(H,17,21)(H,19,20). The zero-order chi connectivity index (χ0) is 16.1. The number of carbonyl (C=O) groups excluding carboxylic acids is 1. The zero-order valence-corrected chi connectivity index (χ0v) is 13.9. The average Bonchev–Trinajstić information content (AvgIpc) is 2.98. The number of amides is 2. The average molecular weight is 324 g/mol. The lowest BCUT2D eigenvalue weighted by Crippen LogP contribution is -2.48. The topological polar surface area (TPSA) is 69.6 Å². The van der Waals surface area contributed by atoms with Crippen molar-refractivity contribution in [1.82, 2.24) is 10.2 Å². The molecule has 1 aromatic heterocycles. The van der Waals surface area contributed by atoms with Gasteiger partial charge < -0.3 is 15.3 Å². The third-order valence-corrected chi connectivity index (χ3v) is 5.06. The maximum Gasteiger partial charge on any atom is 0.318 e. The van der Waals surface area contributed by atoms with E-state index in [0.717, 1.165) is 12.8 Å². The SMILES string of the molecule is CC(C)N(Cc1cccs1)C(=O)NC1CCC(C(=O)O)CC1. The molecule has 0 spiro atoms. The summed E-state index contributed by atoms with van der Waals surface area (Å²) in [6, 6.07) is 4.18. The molecule has 2 rings (SSSR count). The van der Waals surface area contributed by atoms with Crippen molar-refractivity contribution in [2.75, 3.05) is 0 Å². The summed E-state index contributed by atoms with van der Waals surface area (Å²) in [5, 5.41) is 14.1. The first-order valence-corrected chi connectivity index (χ1v) is 8.67. The number of thiophene rings is 1. The van der Waals surface area contributed by atoms with Crippen LogP contribution in [0.3, 0.4) is 0 Å². The van der Waals surface area contributed by atoms with E-state index in [1.807, 2.05) is 36.3 Å². The first-order valence-electron chi connectivity index (χ1n) is 7.79. The predicted molar refractivity (Wildman–Crippen MR) is 86.9 cm³/mol. The minimum atomic E-state index is -0.716. The van der Waals surface area contributed by atoms with Crippen molar-refractivity contribution in [3.05, 3.63) is 22.4 Å². The molecule has 5 nitrogen and oxygen atoms in total.